The molecule has 7 heteroatoms. The normalized spacial score (nSPS) is 16.9. The second-order valence-electron chi connectivity index (χ2n) is 5.38. The summed E-state index contributed by atoms with van der Waals surface area (Å²) >= 11 is 6.00. The van der Waals surface area contributed by atoms with E-state index in [1.54, 1.807) is 24.0 Å². The zero-order chi connectivity index (χ0) is 16.7. The predicted molar refractivity (Wildman–Crippen MR) is 88.0 cm³/mol. The first-order valence-electron chi connectivity index (χ1n) is 7.79. The van der Waals surface area contributed by atoms with Crippen LogP contribution in [0.2, 0.25) is 5.02 Å². The lowest BCUT2D eigenvalue weighted by Gasteiger charge is -2.34. The Morgan fingerprint density at radius 1 is 1.30 bits per heavy atom. The molecule has 0 radical (unpaired) electrons. The number of piperazine rings is 1. The average molecular weight is 343 g/mol. The first-order chi connectivity index (χ1) is 11.1. The van der Waals surface area contributed by atoms with Crippen LogP contribution < -0.4 is 4.74 Å². The highest BCUT2D eigenvalue weighted by Crippen LogP contribution is 2.23. The van der Waals surface area contributed by atoms with Gasteiger partial charge in [0.1, 0.15) is 18.5 Å². The standard InChI is InChI=1S/C16H23ClN2O4/c1-2-22-16(21)19-9-7-18(8-10-19)11-13(20)12-23-15-6-4-3-5-14(15)17/h3-6,13,20H,2,7-12H2,1H3/t13-/m1/s1. The highest BCUT2D eigenvalue weighted by molar-refractivity contribution is 6.32. The molecule has 1 aromatic carbocycles. The minimum atomic E-state index is -0.611. The van der Waals surface area contributed by atoms with E-state index in [0.29, 0.717) is 50.1 Å². The number of para-hydroxylation sites is 1. The minimum absolute atomic E-state index is 0.182. The third-order valence-corrected chi connectivity index (χ3v) is 3.95. The van der Waals surface area contributed by atoms with E-state index in [2.05, 4.69) is 4.90 Å². The lowest BCUT2D eigenvalue weighted by atomic mass is 10.2. The van der Waals surface area contributed by atoms with E-state index in [1.807, 2.05) is 12.1 Å². The van der Waals surface area contributed by atoms with Crippen LogP contribution >= 0.6 is 11.6 Å². The van der Waals surface area contributed by atoms with Gasteiger partial charge in [0.05, 0.1) is 11.6 Å². The van der Waals surface area contributed by atoms with Gasteiger partial charge in [0.15, 0.2) is 0 Å². The maximum Gasteiger partial charge on any atom is 0.409 e. The minimum Gasteiger partial charge on any atom is -0.489 e. The SMILES string of the molecule is CCOC(=O)N1CCN(C[C@@H](O)COc2ccccc2Cl)CC1. The smallest absolute Gasteiger partial charge is 0.409 e. The van der Waals surface area contributed by atoms with E-state index in [4.69, 9.17) is 21.1 Å². The molecule has 0 aromatic heterocycles. The Labute approximate surface area is 141 Å². The van der Waals surface area contributed by atoms with Gasteiger partial charge in [0.2, 0.25) is 0 Å². The van der Waals surface area contributed by atoms with Crippen molar-refractivity contribution in [3.63, 3.8) is 0 Å². The van der Waals surface area contributed by atoms with Crippen molar-refractivity contribution in [1.82, 2.24) is 9.80 Å². The van der Waals surface area contributed by atoms with Gasteiger partial charge < -0.3 is 19.5 Å². The molecule has 2 rings (SSSR count). The van der Waals surface area contributed by atoms with Crippen molar-refractivity contribution in [2.75, 3.05) is 45.9 Å². The predicted octanol–water partition coefficient (Wildman–Crippen LogP) is 1.85. The Morgan fingerprint density at radius 3 is 2.65 bits per heavy atom. The van der Waals surface area contributed by atoms with E-state index in [0.717, 1.165) is 0 Å². The molecule has 1 fully saturated rings. The molecule has 0 spiro atoms. The second-order valence-corrected chi connectivity index (χ2v) is 5.79. The molecule has 1 aromatic rings. The Balaban J connectivity index is 1.69. The molecule has 6 nitrogen and oxygen atoms in total. The number of hydrogen-bond acceptors (Lipinski definition) is 5. The lowest BCUT2D eigenvalue weighted by Crippen LogP contribution is -2.51. The highest BCUT2D eigenvalue weighted by Gasteiger charge is 2.23. The fourth-order valence-corrected chi connectivity index (χ4v) is 2.62. The zero-order valence-electron chi connectivity index (χ0n) is 13.3. The number of β-amino-alcohol motifs (C(OH)–C–C–N with tert-alkyl or cyclic N) is 1. The molecule has 1 aliphatic rings. The number of nitrogens with zero attached hydrogens (tertiary/aromatic N) is 2. The zero-order valence-corrected chi connectivity index (χ0v) is 14.0. The Morgan fingerprint density at radius 2 is 2.00 bits per heavy atom. The van der Waals surface area contributed by atoms with Crippen LogP contribution in [-0.2, 0) is 4.74 Å². The van der Waals surface area contributed by atoms with Crippen LogP contribution in [-0.4, -0.2) is 73.0 Å². The summed E-state index contributed by atoms with van der Waals surface area (Å²) in [6, 6.07) is 7.18. The number of ether oxygens (including phenoxy) is 2. The van der Waals surface area contributed by atoms with Crippen LogP contribution in [0, 0.1) is 0 Å². The van der Waals surface area contributed by atoms with Crippen molar-refractivity contribution in [2.24, 2.45) is 0 Å². The van der Waals surface area contributed by atoms with Crippen molar-refractivity contribution in [2.45, 2.75) is 13.0 Å². The van der Waals surface area contributed by atoms with Gasteiger partial charge in [-0.1, -0.05) is 23.7 Å². The first-order valence-corrected chi connectivity index (χ1v) is 8.17. The molecule has 1 N–H and O–H groups in total. The molecular weight excluding hydrogens is 320 g/mol. The summed E-state index contributed by atoms with van der Waals surface area (Å²) in [6.45, 7) is 5.50. The third-order valence-electron chi connectivity index (χ3n) is 3.64. The summed E-state index contributed by atoms with van der Waals surface area (Å²) in [5.74, 6) is 0.570. The maximum absolute atomic E-state index is 11.6. The number of aliphatic hydroxyl groups excluding tert-OH is 1. The van der Waals surface area contributed by atoms with Crippen LogP contribution in [0.25, 0.3) is 0 Å². The molecule has 1 atom stereocenters. The van der Waals surface area contributed by atoms with Gasteiger partial charge in [-0.25, -0.2) is 4.79 Å². The Kier molecular flexibility index (Phi) is 6.95. The van der Waals surface area contributed by atoms with E-state index < -0.39 is 6.10 Å². The van der Waals surface area contributed by atoms with Gasteiger partial charge in [0, 0.05) is 32.7 Å². The lowest BCUT2D eigenvalue weighted by molar-refractivity contribution is 0.0408. The van der Waals surface area contributed by atoms with Crippen molar-refractivity contribution in [3.8, 4) is 5.75 Å². The summed E-state index contributed by atoms with van der Waals surface area (Å²) in [4.78, 5) is 15.4. The van der Waals surface area contributed by atoms with Gasteiger partial charge >= 0.3 is 6.09 Å². The van der Waals surface area contributed by atoms with Crippen LogP contribution in [0.1, 0.15) is 6.92 Å². The summed E-state index contributed by atoms with van der Waals surface area (Å²) in [5, 5.41) is 10.6. The van der Waals surface area contributed by atoms with Crippen LogP contribution in [0.15, 0.2) is 24.3 Å². The quantitative estimate of drug-likeness (QED) is 0.855. The van der Waals surface area contributed by atoms with Gasteiger partial charge in [-0.3, -0.25) is 4.90 Å². The number of benzene rings is 1. The number of carbonyl (C=O) groups is 1. The maximum atomic E-state index is 11.6. The van der Waals surface area contributed by atoms with Crippen molar-refractivity contribution >= 4 is 17.7 Å². The van der Waals surface area contributed by atoms with Gasteiger partial charge in [-0.05, 0) is 19.1 Å². The van der Waals surface area contributed by atoms with E-state index in [-0.39, 0.29) is 12.7 Å². The fraction of sp³-hybridized carbons (Fsp3) is 0.562. The number of carbonyl (C=O) groups excluding carboxylic acids is 1. The number of halogens is 1. The Bertz CT molecular complexity index is 507. The van der Waals surface area contributed by atoms with Gasteiger partial charge in [0.25, 0.3) is 0 Å². The number of rotatable bonds is 6. The van der Waals surface area contributed by atoms with Crippen molar-refractivity contribution < 1.29 is 19.4 Å². The summed E-state index contributed by atoms with van der Waals surface area (Å²) in [6.07, 6.45) is -0.879. The Hall–Kier alpha value is -1.50. The largest absolute Gasteiger partial charge is 0.489 e. The molecular formula is C16H23ClN2O4. The van der Waals surface area contributed by atoms with E-state index in [9.17, 15) is 9.90 Å². The molecule has 1 amide bonds. The average Bonchev–Trinajstić information content (AvgIpc) is 2.55. The summed E-state index contributed by atoms with van der Waals surface area (Å²) in [5.41, 5.74) is 0. The van der Waals surface area contributed by atoms with E-state index >= 15 is 0 Å². The number of hydrogen-bond donors (Lipinski definition) is 1. The van der Waals surface area contributed by atoms with Crippen molar-refractivity contribution in [1.29, 1.82) is 0 Å². The monoisotopic (exact) mass is 342 g/mol. The second kappa shape index (κ2) is 8.96. The van der Waals surface area contributed by atoms with Crippen LogP contribution in [0.3, 0.4) is 0 Å². The van der Waals surface area contributed by atoms with Gasteiger partial charge in [-0.2, -0.15) is 0 Å². The summed E-state index contributed by atoms with van der Waals surface area (Å²) in [7, 11) is 0. The number of aliphatic hydroxyl groups is 1. The first kappa shape index (κ1) is 17.8. The number of amides is 1. The van der Waals surface area contributed by atoms with Gasteiger partial charge in [-0.15, -0.1) is 0 Å². The molecule has 128 valence electrons. The van der Waals surface area contributed by atoms with Crippen LogP contribution in [0.5, 0.6) is 5.75 Å². The molecule has 0 aliphatic carbocycles. The molecule has 1 saturated heterocycles. The third kappa shape index (κ3) is 5.57. The molecule has 0 unspecified atom stereocenters. The topological polar surface area (TPSA) is 62.2 Å². The molecule has 1 aliphatic heterocycles. The van der Waals surface area contributed by atoms with E-state index in [1.165, 1.54) is 0 Å². The van der Waals surface area contributed by atoms with Crippen molar-refractivity contribution in [3.05, 3.63) is 29.3 Å². The molecule has 0 bridgehead atoms. The summed E-state index contributed by atoms with van der Waals surface area (Å²) < 4.78 is 10.5. The highest BCUT2D eigenvalue weighted by atomic mass is 35.5. The molecule has 1 heterocycles. The molecule has 23 heavy (non-hydrogen) atoms. The molecule has 0 saturated carbocycles. The fourth-order valence-electron chi connectivity index (χ4n) is 2.43. The van der Waals surface area contributed by atoms with Crippen LogP contribution in [0.4, 0.5) is 4.79 Å².